The summed E-state index contributed by atoms with van der Waals surface area (Å²) >= 11 is 4.08. The molecule has 176 valence electrons. The van der Waals surface area contributed by atoms with Crippen LogP contribution in [0.1, 0.15) is 72.2 Å². The first-order valence-corrected chi connectivity index (χ1v) is 13.1. The lowest BCUT2D eigenvalue weighted by Gasteiger charge is -2.25. The van der Waals surface area contributed by atoms with Crippen molar-refractivity contribution in [2.75, 3.05) is 0 Å². The van der Waals surface area contributed by atoms with E-state index in [9.17, 15) is 0 Å². The summed E-state index contributed by atoms with van der Waals surface area (Å²) in [5.41, 5.74) is 13.8. The summed E-state index contributed by atoms with van der Waals surface area (Å²) in [7, 11) is 0. The zero-order chi connectivity index (χ0) is 25.2. The van der Waals surface area contributed by atoms with Gasteiger partial charge in [0.05, 0.1) is 0 Å². The molecule has 0 N–H and O–H groups in total. The molecular formula is C32H41Br. The summed E-state index contributed by atoms with van der Waals surface area (Å²) < 4.78 is 1.24. The van der Waals surface area contributed by atoms with Crippen LogP contribution in [0, 0.1) is 55.4 Å². The van der Waals surface area contributed by atoms with Gasteiger partial charge in [-0.05, 0) is 138 Å². The third kappa shape index (κ3) is 4.26. The van der Waals surface area contributed by atoms with E-state index in [1.165, 1.54) is 81.7 Å². The largest absolute Gasteiger partial charge is 0.0683 e. The molecule has 0 aliphatic carbocycles. The highest BCUT2D eigenvalue weighted by Crippen LogP contribution is 2.48. The molecule has 0 aliphatic heterocycles. The van der Waals surface area contributed by atoms with Gasteiger partial charge in [0.25, 0.3) is 0 Å². The van der Waals surface area contributed by atoms with Gasteiger partial charge in [-0.2, -0.15) is 0 Å². The molecule has 0 aromatic heterocycles. The smallest absolute Gasteiger partial charge is 0.0338 e. The number of hydrogen-bond acceptors (Lipinski definition) is 0. The third-order valence-electron chi connectivity index (χ3n) is 7.38. The molecule has 33 heavy (non-hydrogen) atoms. The molecule has 0 unspecified atom stereocenters. The monoisotopic (exact) mass is 504 g/mol. The normalized spacial score (nSPS) is 10.6. The second-order valence-electron chi connectivity index (χ2n) is 8.56. The molecule has 0 radical (unpaired) electrons. The summed E-state index contributed by atoms with van der Waals surface area (Å²) in [4.78, 5) is 0. The summed E-state index contributed by atoms with van der Waals surface area (Å²) in [6.45, 7) is 26.2. The fourth-order valence-corrected chi connectivity index (χ4v) is 5.93. The van der Waals surface area contributed by atoms with Gasteiger partial charge in [0.1, 0.15) is 0 Å². The average molecular weight is 506 g/mol. The van der Waals surface area contributed by atoms with E-state index in [1.54, 1.807) is 0 Å². The SMILES string of the molecule is CC.CC.Cc1c(C)c(C)c2c(-c3ccccc3)c3c(C)c(C)c(C)c(C)c3c(Br)c2c1C. The highest BCUT2D eigenvalue weighted by molar-refractivity contribution is 9.10. The molecule has 0 bridgehead atoms. The number of hydrogen-bond donors (Lipinski definition) is 0. The Morgan fingerprint density at radius 2 is 0.727 bits per heavy atom. The van der Waals surface area contributed by atoms with Crippen molar-refractivity contribution in [1.29, 1.82) is 0 Å². The first kappa shape index (κ1) is 27.1. The van der Waals surface area contributed by atoms with Gasteiger partial charge >= 0.3 is 0 Å². The van der Waals surface area contributed by atoms with Crippen molar-refractivity contribution in [3.05, 3.63) is 79.3 Å². The minimum atomic E-state index is 1.24. The van der Waals surface area contributed by atoms with Gasteiger partial charge in [0, 0.05) is 15.2 Å². The Bertz CT molecular complexity index is 1230. The highest BCUT2D eigenvalue weighted by atomic mass is 79.9. The number of aryl methyl sites for hydroxylation is 4. The number of fused-ring (bicyclic) bond motifs is 2. The fraction of sp³-hybridized carbons (Fsp3) is 0.375. The zero-order valence-corrected chi connectivity index (χ0v) is 24.4. The van der Waals surface area contributed by atoms with E-state index in [2.05, 4.69) is 102 Å². The van der Waals surface area contributed by atoms with Crippen LogP contribution in [-0.2, 0) is 0 Å². The quantitative estimate of drug-likeness (QED) is 0.226. The van der Waals surface area contributed by atoms with Crippen LogP contribution in [-0.4, -0.2) is 0 Å². The van der Waals surface area contributed by atoms with Crippen LogP contribution in [0.3, 0.4) is 0 Å². The minimum Gasteiger partial charge on any atom is -0.0683 e. The fourth-order valence-electron chi connectivity index (χ4n) is 4.94. The van der Waals surface area contributed by atoms with E-state index in [0.717, 1.165) is 0 Å². The summed E-state index contributed by atoms with van der Waals surface area (Å²) in [6, 6.07) is 10.9. The van der Waals surface area contributed by atoms with Gasteiger partial charge in [-0.3, -0.25) is 0 Å². The van der Waals surface area contributed by atoms with E-state index in [1.807, 2.05) is 27.7 Å². The van der Waals surface area contributed by atoms with Crippen molar-refractivity contribution in [2.45, 2.75) is 83.1 Å². The Labute approximate surface area is 210 Å². The lowest BCUT2D eigenvalue weighted by Crippen LogP contribution is -2.02. The van der Waals surface area contributed by atoms with Crippen LogP contribution in [0.4, 0.5) is 0 Å². The van der Waals surface area contributed by atoms with Crippen LogP contribution in [0.15, 0.2) is 34.8 Å². The Balaban J connectivity index is 0.000000914. The van der Waals surface area contributed by atoms with Gasteiger partial charge in [-0.1, -0.05) is 58.0 Å². The van der Waals surface area contributed by atoms with E-state index in [0.29, 0.717) is 0 Å². The molecule has 0 heterocycles. The standard InChI is InChI=1S/C28H29Br.2C2H6/c1-14-16(3)20(7)25-23(18(14)5)27(22-12-10-9-11-13-22)24-19(6)15(2)17(4)21(8)26(24)28(25)29;2*1-2/h9-13H,1-8H3;2*1-2H3. The van der Waals surface area contributed by atoms with Crippen LogP contribution >= 0.6 is 15.9 Å². The maximum atomic E-state index is 4.08. The van der Waals surface area contributed by atoms with E-state index < -0.39 is 0 Å². The number of halogens is 1. The van der Waals surface area contributed by atoms with Crippen molar-refractivity contribution < 1.29 is 0 Å². The Morgan fingerprint density at radius 3 is 1.06 bits per heavy atom. The van der Waals surface area contributed by atoms with E-state index in [4.69, 9.17) is 0 Å². The van der Waals surface area contributed by atoms with Crippen LogP contribution in [0.2, 0.25) is 0 Å². The number of rotatable bonds is 1. The molecule has 0 saturated carbocycles. The van der Waals surface area contributed by atoms with Gasteiger partial charge in [-0.25, -0.2) is 0 Å². The van der Waals surface area contributed by atoms with Gasteiger partial charge in [0.2, 0.25) is 0 Å². The second-order valence-corrected chi connectivity index (χ2v) is 9.35. The first-order valence-electron chi connectivity index (χ1n) is 12.3. The summed E-state index contributed by atoms with van der Waals surface area (Å²) in [6.07, 6.45) is 0. The summed E-state index contributed by atoms with van der Waals surface area (Å²) in [5, 5.41) is 5.51. The predicted octanol–water partition coefficient (Wildman–Crippen LogP) is 10.9. The lowest BCUT2D eigenvalue weighted by atomic mass is 9.81. The van der Waals surface area contributed by atoms with Gasteiger partial charge < -0.3 is 0 Å². The van der Waals surface area contributed by atoms with Crippen molar-refractivity contribution in [2.24, 2.45) is 0 Å². The molecule has 0 amide bonds. The molecular weight excluding hydrogens is 464 g/mol. The van der Waals surface area contributed by atoms with Gasteiger partial charge in [0.15, 0.2) is 0 Å². The van der Waals surface area contributed by atoms with Crippen molar-refractivity contribution in [1.82, 2.24) is 0 Å². The highest BCUT2D eigenvalue weighted by Gasteiger charge is 2.23. The molecule has 0 nitrogen and oxygen atoms in total. The first-order chi connectivity index (χ1) is 15.7. The zero-order valence-electron chi connectivity index (χ0n) is 22.8. The predicted molar refractivity (Wildman–Crippen MR) is 155 cm³/mol. The minimum absolute atomic E-state index is 1.24. The lowest BCUT2D eigenvalue weighted by molar-refractivity contribution is 1.24. The van der Waals surface area contributed by atoms with E-state index >= 15 is 0 Å². The van der Waals surface area contributed by atoms with Crippen molar-refractivity contribution >= 4 is 37.5 Å². The Kier molecular flexibility index (Phi) is 8.94. The molecule has 0 aliphatic rings. The Morgan fingerprint density at radius 1 is 0.424 bits per heavy atom. The summed E-state index contributed by atoms with van der Waals surface area (Å²) in [5.74, 6) is 0. The number of benzene rings is 4. The molecule has 4 aromatic carbocycles. The molecule has 0 spiro atoms. The maximum absolute atomic E-state index is 4.08. The second kappa shape index (κ2) is 10.9. The van der Waals surface area contributed by atoms with Crippen LogP contribution < -0.4 is 0 Å². The average Bonchev–Trinajstić information content (AvgIpc) is 2.85. The van der Waals surface area contributed by atoms with Crippen LogP contribution in [0.5, 0.6) is 0 Å². The molecule has 0 fully saturated rings. The van der Waals surface area contributed by atoms with Crippen LogP contribution in [0.25, 0.3) is 32.7 Å². The molecule has 0 saturated heterocycles. The third-order valence-corrected chi connectivity index (χ3v) is 8.17. The van der Waals surface area contributed by atoms with Gasteiger partial charge in [-0.15, -0.1) is 0 Å². The topological polar surface area (TPSA) is 0 Å². The van der Waals surface area contributed by atoms with E-state index in [-0.39, 0.29) is 0 Å². The van der Waals surface area contributed by atoms with Crippen molar-refractivity contribution in [3.63, 3.8) is 0 Å². The molecule has 4 rings (SSSR count). The molecule has 1 heteroatoms. The Hall–Kier alpha value is -2.12. The molecule has 0 atom stereocenters. The maximum Gasteiger partial charge on any atom is 0.0338 e. The van der Waals surface area contributed by atoms with Crippen molar-refractivity contribution in [3.8, 4) is 11.1 Å². The molecule has 4 aromatic rings.